The van der Waals surface area contributed by atoms with E-state index >= 15 is 0 Å². The summed E-state index contributed by atoms with van der Waals surface area (Å²) in [7, 11) is 0. The molecule has 18 heavy (non-hydrogen) atoms. The molecule has 0 radical (unpaired) electrons. The van der Waals surface area contributed by atoms with E-state index in [-0.39, 0.29) is 11.8 Å². The molecule has 0 spiro atoms. The SMILES string of the molecule is NNC(=O)C1CCC(=O)N1Cc1ccccc1Cl. The van der Waals surface area contributed by atoms with E-state index in [1.165, 1.54) is 4.90 Å². The quantitative estimate of drug-likeness (QED) is 0.484. The van der Waals surface area contributed by atoms with Gasteiger partial charge in [-0.25, -0.2) is 5.84 Å². The first-order chi connectivity index (χ1) is 8.63. The Bertz CT molecular complexity index is 478. The van der Waals surface area contributed by atoms with Gasteiger partial charge in [-0.05, 0) is 18.1 Å². The summed E-state index contributed by atoms with van der Waals surface area (Å²) in [5.41, 5.74) is 2.92. The molecule has 1 unspecified atom stereocenters. The number of nitrogens with zero attached hydrogens (tertiary/aromatic N) is 1. The second kappa shape index (κ2) is 5.37. The van der Waals surface area contributed by atoms with Gasteiger partial charge in [0.15, 0.2) is 0 Å². The first-order valence-corrected chi connectivity index (χ1v) is 6.04. The molecule has 1 fully saturated rings. The Kier molecular flexibility index (Phi) is 3.84. The fraction of sp³-hybridized carbons (Fsp3) is 0.333. The third kappa shape index (κ3) is 2.47. The van der Waals surface area contributed by atoms with Gasteiger partial charge in [0, 0.05) is 18.0 Å². The van der Waals surface area contributed by atoms with Crippen LogP contribution in [-0.4, -0.2) is 22.8 Å². The Hall–Kier alpha value is -1.59. The molecule has 1 aromatic rings. The van der Waals surface area contributed by atoms with Crippen molar-refractivity contribution in [3.05, 3.63) is 34.9 Å². The van der Waals surface area contributed by atoms with Crippen molar-refractivity contribution in [1.29, 1.82) is 0 Å². The monoisotopic (exact) mass is 267 g/mol. The Balaban J connectivity index is 2.18. The highest BCUT2D eigenvalue weighted by molar-refractivity contribution is 6.31. The van der Waals surface area contributed by atoms with Crippen LogP contribution in [0.4, 0.5) is 0 Å². The molecule has 5 nitrogen and oxygen atoms in total. The molecule has 1 saturated heterocycles. The number of rotatable bonds is 3. The molecule has 3 N–H and O–H groups in total. The smallest absolute Gasteiger partial charge is 0.256 e. The van der Waals surface area contributed by atoms with Crippen LogP contribution >= 0.6 is 11.6 Å². The highest BCUT2D eigenvalue weighted by Gasteiger charge is 2.35. The van der Waals surface area contributed by atoms with Crippen molar-refractivity contribution < 1.29 is 9.59 Å². The number of nitrogens with two attached hydrogens (primary N) is 1. The van der Waals surface area contributed by atoms with Gasteiger partial charge in [-0.15, -0.1) is 0 Å². The fourth-order valence-electron chi connectivity index (χ4n) is 2.11. The molecule has 6 heteroatoms. The summed E-state index contributed by atoms with van der Waals surface area (Å²) in [6, 6.07) is 6.77. The minimum absolute atomic E-state index is 0.0523. The van der Waals surface area contributed by atoms with Crippen molar-refractivity contribution in [1.82, 2.24) is 10.3 Å². The predicted molar refractivity (Wildman–Crippen MR) is 67.4 cm³/mol. The van der Waals surface area contributed by atoms with Gasteiger partial charge in [-0.1, -0.05) is 29.8 Å². The topological polar surface area (TPSA) is 75.4 Å². The zero-order valence-corrected chi connectivity index (χ0v) is 10.5. The summed E-state index contributed by atoms with van der Waals surface area (Å²) < 4.78 is 0. The number of likely N-dealkylation sites (tertiary alicyclic amines) is 1. The van der Waals surface area contributed by atoms with E-state index in [1.807, 2.05) is 18.2 Å². The Labute approximate surface area is 110 Å². The molecule has 1 heterocycles. The van der Waals surface area contributed by atoms with Gasteiger partial charge < -0.3 is 4.90 Å². The van der Waals surface area contributed by atoms with Crippen molar-refractivity contribution >= 4 is 23.4 Å². The fourth-order valence-corrected chi connectivity index (χ4v) is 2.31. The summed E-state index contributed by atoms with van der Waals surface area (Å²) in [6.45, 7) is 0.330. The minimum atomic E-state index is -0.501. The second-order valence-electron chi connectivity index (χ2n) is 4.18. The van der Waals surface area contributed by atoms with Crippen LogP contribution in [0.3, 0.4) is 0 Å². The molecule has 0 aromatic heterocycles. The van der Waals surface area contributed by atoms with Crippen LogP contribution in [0.15, 0.2) is 24.3 Å². The molecule has 2 amide bonds. The average Bonchev–Trinajstić information content (AvgIpc) is 2.73. The molecule has 0 saturated carbocycles. The van der Waals surface area contributed by atoms with Crippen LogP contribution < -0.4 is 11.3 Å². The van der Waals surface area contributed by atoms with Gasteiger partial charge in [0.05, 0.1) is 0 Å². The lowest BCUT2D eigenvalue weighted by molar-refractivity contribution is -0.135. The summed E-state index contributed by atoms with van der Waals surface area (Å²) in [4.78, 5) is 24.9. The number of carbonyl (C=O) groups is 2. The van der Waals surface area contributed by atoms with Gasteiger partial charge in [-0.3, -0.25) is 15.0 Å². The van der Waals surface area contributed by atoms with Gasteiger partial charge in [0.1, 0.15) is 6.04 Å². The van der Waals surface area contributed by atoms with Gasteiger partial charge in [-0.2, -0.15) is 0 Å². The van der Waals surface area contributed by atoms with E-state index in [2.05, 4.69) is 5.43 Å². The Morgan fingerprint density at radius 2 is 2.22 bits per heavy atom. The van der Waals surface area contributed by atoms with Gasteiger partial charge in [0.25, 0.3) is 5.91 Å². The second-order valence-corrected chi connectivity index (χ2v) is 4.58. The van der Waals surface area contributed by atoms with Crippen LogP contribution in [0.2, 0.25) is 5.02 Å². The zero-order valence-electron chi connectivity index (χ0n) is 9.73. The molecular formula is C12H14ClN3O2. The number of nitrogens with one attached hydrogen (secondary N) is 1. The van der Waals surface area contributed by atoms with Crippen molar-refractivity contribution in [2.24, 2.45) is 5.84 Å². The molecule has 0 aliphatic carbocycles. The largest absolute Gasteiger partial charge is 0.326 e. The maximum absolute atomic E-state index is 11.8. The standard InChI is InChI=1S/C12H14ClN3O2/c13-9-4-2-1-3-8(9)7-16-10(12(18)15-14)5-6-11(16)17/h1-4,10H,5-7,14H2,(H,15,18). The van der Waals surface area contributed by atoms with E-state index in [9.17, 15) is 9.59 Å². The Morgan fingerprint density at radius 1 is 1.50 bits per heavy atom. The first-order valence-electron chi connectivity index (χ1n) is 5.67. The van der Waals surface area contributed by atoms with Gasteiger partial charge in [0.2, 0.25) is 5.91 Å². The van der Waals surface area contributed by atoms with Crippen LogP contribution in [0.5, 0.6) is 0 Å². The Morgan fingerprint density at radius 3 is 2.89 bits per heavy atom. The highest BCUT2D eigenvalue weighted by Crippen LogP contribution is 2.24. The van der Waals surface area contributed by atoms with E-state index in [0.29, 0.717) is 24.4 Å². The molecule has 2 rings (SSSR count). The predicted octanol–water partition coefficient (Wildman–Crippen LogP) is 0.821. The van der Waals surface area contributed by atoms with E-state index in [0.717, 1.165) is 5.56 Å². The first kappa shape index (κ1) is 12.9. The molecule has 0 bridgehead atoms. The maximum atomic E-state index is 11.8. The molecule has 1 aromatic carbocycles. The molecule has 1 atom stereocenters. The van der Waals surface area contributed by atoms with Crippen molar-refractivity contribution in [3.8, 4) is 0 Å². The number of carbonyl (C=O) groups excluding carboxylic acids is 2. The number of hydrogen-bond donors (Lipinski definition) is 2. The summed E-state index contributed by atoms with van der Waals surface area (Å²) in [5.74, 6) is 4.73. The number of amides is 2. The van der Waals surface area contributed by atoms with E-state index < -0.39 is 6.04 Å². The van der Waals surface area contributed by atoms with Crippen LogP contribution in [0, 0.1) is 0 Å². The summed E-state index contributed by atoms with van der Waals surface area (Å²) in [5, 5.41) is 0.587. The van der Waals surface area contributed by atoms with Crippen molar-refractivity contribution in [2.45, 2.75) is 25.4 Å². The number of hydrazine groups is 1. The minimum Gasteiger partial charge on any atom is -0.326 e. The third-order valence-electron chi connectivity index (χ3n) is 3.07. The highest BCUT2D eigenvalue weighted by atomic mass is 35.5. The van der Waals surface area contributed by atoms with E-state index in [4.69, 9.17) is 17.4 Å². The summed E-state index contributed by atoms with van der Waals surface area (Å²) >= 11 is 6.05. The average molecular weight is 268 g/mol. The molecular weight excluding hydrogens is 254 g/mol. The number of hydrogen-bond acceptors (Lipinski definition) is 3. The number of halogens is 1. The van der Waals surface area contributed by atoms with Crippen molar-refractivity contribution in [3.63, 3.8) is 0 Å². The molecule has 1 aliphatic heterocycles. The maximum Gasteiger partial charge on any atom is 0.256 e. The molecule has 1 aliphatic rings. The van der Waals surface area contributed by atoms with E-state index in [1.54, 1.807) is 6.07 Å². The van der Waals surface area contributed by atoms with Crippen LogP contribution in [0.25, 0.3) is 0 Å². The van der Waals surface area contributed by atoms with Crippen molar-refractivity contribution in [2.75, 3.05) is 0 Å². The zero-order chi connectivity index (χ0) is 13.1. The lowest BCUT2D eigenvalue weighted by atomic mass is 10.1. The normalized spacial score (nSPS) is 19.1. The van der Waals surface area contributed by atoms with Gasteiger partial charge >= 0.3 is 0 Å². The van der Waals surface area contributed by atoms with Crippen LogP contribution in [0.1, 0.15) is 18.4 Å². The summed E-state index contributed by atoms with van der Waals surface area (Å²) in [6.07, 6.45) is 0.856. The molecule has 96 valence electrons. The number of benzene rings is 1. The lowest BCUT2D eigenvalue weighted by Gasteiger charge is -2.23. The lowest BCUT2D eigenvalue weighted by Crippen LogP contribution is -2.46. The van der Waals surface area contributed by atoms with Crippen LogP contribution in [-0.2, 0) is 16.1 Å². The third-order valence-corrected chi connectivity index (χ3v) is 3.44.